The van der Waals surface area contributed by atoms with Crippen molar-refractivity contribution in [2.45, 2.75) is 18.9 Å². The summed E-state index contributed by atoms with van der Waals surface area (Å²) < 4.78 is 0. The van der Waals surface area contributed by atoms with Gasteiger partial charge < -0.3 is 10.2 Å². The Kier molecular flexibility index (Phi) is 3.56. The third-order valence-corrected chi connectivity index (χ3v) is 3.54. The lowest BCUT2D eigenvalue weighted by Gasteiger charge is -2.19. The highest BCUT2D eigenvalue weighted by Gasteiger charge is 2.24. The smallest absolute Gasteiger partial charge is 0.239 e. The van der Waals surface area contributed by atoms with Crippen molar-refractivity contribution in [3.8, 4) is 0 Å². The topological polar surface area (TPSA) is 62.3 Å². The van der Waals surface area contributed by atoms with Crippen molar-refractivity contribution in [2.24, 2.45) is 0 Å². The summed E-state index contributed by atoms with van der Waals surface area (Å²) in [5.41, 5.74) is 1.31. The van der Waals surface area contributed by atoms with E-state index in [9.17, 15) is 9.59 Å². The van der Waals surface area contributed by atoms with Crippen molar-refractivity contribution in [1.29, 1.82) is 0 Å². The van der Waals surface area contributed by atoms with E-state index in [-0.39, 0.29) is 12.5 Å². The van der Waals surface area contributed by atoms with Crippen molar-refractivity contribution in [3.05, 3.63) is 35.9 Å². The van der Waals surface area contributed by atoms with Crippen LogP contribution in [0.15, 0.2) is 30.3 Å². The number of carbonyl (C=O) groups is 2. The number of fused-ring (bicyclic) bond motifs is 1. The molecule has 1 saturated carbocycles. The molecule has 0 radical (unpaired) electrons. The van der Waals surface area contributed by atoms with Crippen LogP contribution >= 0.6 is 0 Å². The Morgan fingerprint density at radius 3 is 2.90 bits per heavy atom. The van der Waals surface area contributed by atoms with Gasteiger partial charge in [-0.25, -0.2) is 4.98 Å². The Labute approximate surface area is 123 Å². The first kappa shape index (κ1) is 13.5. The number of amides is 1. The molecule has 108 valence electrons. The molecule has 1 N–H and O–H groups in total. The Hall–Kier alpha value is -2.43. The molecular weight excluding hydrogens is 266 g/mol. The number of carbonyl (C=O) groups excluding carboxylic acids is 2. The Morgan fingerprint density at radius 1 is 1.43 bits per heavy atom. The van der Waals surface area contributed by atoms with Crippen molar-refractivity contribution in [3.63, 3.8) is 0 Å². The van der Waals surface area contributed by atoms with E-state index >= 15 is 0 Å². The third kappa shape index (κ3) is 3.02. The summed E-state index contributed by atoms with van der Waals surface area (Å²) in [6.45, 7) is 0.197. The lowest BCUT2D eigenvalue weighted by atomic mass is 10.1. The molecule has 1 aliphatic carbocycles. The number of benzene rings is 1. The van der Waals surface area contributed by atoms with Gasteiger partial charge in [-0.3, -0.25) is 9.59 Å². The number of anilines is 1. The van der Waals surface area contributed by atoms with Crippen LogP contribution in [0.3, 0.4) is 0 Å². The summed E-state index contributed by atoms with van der Waals surface area (Å²) >= 11 is 0. The number of rotatable bonds is 5. The molecule has 1 fully saturated rings. The van der Waals surface area contributed by atoms with E-state index in [1.165, 1.54) is 0 Å². The maximum absolute atomic E-state index is 11.9. The lowest BCUT2D eigenvalue weighted by Crippen LogP contribution is -2.37. The van der Waals surface area contributed by atoms with Gasteiger partial charge in [0.05, 0.1) is 17.6 Å². The van der Waals surface area contributed by atoms with Gasteiger partial charge in [0.2, 0.25) is 5.91 Å². The number of para-hydroxylation sites is 1. The average molecular weight is 283 g/mol. The van der Waals surface area contributed by atoms with Gasteiger partial charge in [0.1, 0.15) is 5.82 Å². The third-order valence-electron chi connectivity index (χ3n) is 3.54. The minimum Gasteiger partial charge on any atom is -0.352 e. The number of likely N-dealkylation sites (N-methyl/N-ethyl adjacent to an activating group) is 1. The van der Waals surface area contributed by atoms with Crippen LogP contribution in [0.25, 0.3) is 10.9 Å². The molecule has 21 heavy (non-hydrogen) atoms. The van der Waals surface area contributed by atoms with Gasteiger partial charge in [-0.1, -0.05) is 18.2 Å². The van der Waals surface area contributed by atoms with Crippen LogP contribution in [0.1, 0.15) is 23.2 Å². The molecule has 0 unspecified atom stereocenters. The molecule has 1 amide bonds. The standard InChI is InChI=1S/C16H17N3O2/c1-19(9-15(21)17-13-6-7-13)16-12(10-20)8-11-4-2-3-5-14(11)18-16/h2-5,8,10,13H,6-7,9H2,1H3,(H,17,21). The number of pyridine rings is 1. The Bertz CT molecular complexity index is 695. The van der Waals surface area contributed by atoms with E-state index in [0.29, 0.717) is 17.4 Å². The molecule has 0 aliphatic heterocycles. The van der Waals surface area contributed by atoms with E-state index in [0.717, 1.165) is 30.0 Å². The van der Waals surface area contributed by atoms with Gasteiger partial charge in [-0.15, -0.1) is 0 Å². The summed E-state index contributed by atoms with van der Waals surface area (Å²) in [4.78, 5) is 29.4. The highest BCUT2D eigenvalue weighted by molar-refractivity contribution is 5.93. The Morgan fingerprint density at radius 2 is 2.19 bits per heavy atom. The van der Waals surface area contributed by atoms with E-state index in [2.05, 4.69) is 10.3 Å². The Balaban J connectivity index is 1.86. The molecule has 1 aromatic carbocycles. The zero-order chi connectivity index (χ0) is 14.8. The second-order valence-corrected chi connectivity index (χ2v) is 5.41. The number of aldehydes is 1. The summed E-state index contributed by atoms with van der Waals surface area (Å²) in [7, 11) is 1.77. The normalized spacial score (nSPS) is 14.0. The monoisotopic (exact) mass is 283 g/mol. The minimum absolute atomic E-state index is 0.0354. The lowest BCUT2D eigenvalue weighted by molar-refractivity contribution is -0.119. The van der Waals surface area contributed by atoms with Crippen molar-refractivity contribution in [2.75, 3.05) is 18.5 Å². The fraction of sp³-hybridized carbons (Fsp3) is 0.312. The number of hydrogen-bond donors (Lipinski definition) is 1. The van der Waals surface area contributed by atoms with Crippen LogP contribution in [0.5, 0.6) is 0 Å². The highest BCUT2D eigenvalue weighted by Crippen LogP contribution is 2.22. The first-order valence-corrected chi connectivity index (χ1v) is 7.03. The molecule has 1 heterocycles. The molecule has 2 aromatic rings. The number of hydrogen-bond acceptors (Lipinski definition) is 4. The molecule has 0 atom stereocenters. The van der Waals surface area contributed by atoms with Gasteiger partial charge in [0.15, 0.2) is 6.29 Å². The quantitative estimate of drug-likeness (QED) is 0.849. The molecule has 1 aromatic heterocycles. The predicted octanol–water partition coefficient (Wildman–Crippen LogP) is 1.76. The largest absolute Gasteiger partial charge is 0.352 e. The van der Waals surface area contributed by atoms with Gasteiger partial charge >= 0.3 is 0 Å². The van der Waals surface area contributed by atoms with Gasteiger partial charge in [0.25, 0.3) is 0 Å². The van der Waals surface area contributed by atoms with E-state index in [1.54, 1.807) is 18.0 Å². The van der Waals surface area contributed by atoms with Crippen LogP contribution in [-0.2, 0) is 4.79 Å². The summed E-state index contributed by atoms with van der Waals surface area (Å²) in [5.74, 6) is 0.501. The SMILES string of the molecule is CN(CC(=O)NC1CC1)c1nc2ccccc2cc1C=O. The summed E-state index contributed by atoms with van der Waals surface area (Å²) in [6, 6.07) is 9.76. The molecule has 0 spiro atoms. The average Bonchev–Trinajstić information content (AvgIpc) is 3.29. The van der Waals surface area contributed by atoms with Crippen LogP contribution in [0, 0.1) is 0 Å². The number of nitrogens with one attached hydrogen (secondary N) is 1. The molecule has 3 rings (SSSR count). The first-order valence-electron chi connectivity index (χ1n) is 7.03. The maximum atomic E-state index is 11.9. The van der Waals surface area contributed by atoms with Gasteiger partial charge in [-0.05, 0) is 25.0 Å². The van der Waals surface area contributed by atoms with E-state index < -0.39 is 0 Å². The fourth-order valence-corrected chi connectivity index (χ4v) is 2.31. The van der Waals surface area contributed by atoms with Crippen molar-refractivity contribution in [1.82, 2.24) is 10.3 Å². The molecule has 5 heteroatoms. The molecule has 0 bridgehead atoms. The summed E-state index contributed by atoms with van der Waals surface area (Å²) in [6.07, 6.45) is 2.90. The first-order chi connectivity index (χ1) is 10.2. The van der Waals surface area contributed by atoms with E-state index in [1.807, 2.05) is 24.3 Å². The molecular formula is C16H17N3O2. The molecule has 1 aliphatic rings. The number of nitrogens with zero attached hydrogens (tertiary/aromatic N) is 2. The maximum Gasteiger partial charge on any atom is 0.239 e. The number of aromatic nitrogens is 1. The fourth-order valence-electron chi connectivity index (χ4n) is 2.31. The zero-order valence-electron chi connectivity index (χ0n) is 11.9. The molecule has 0 saturated heterocycles. The van der Waals surface area contributed by atoms with Crippen LogP contribution in [0.2, 0.25) is 0 Å². The van der Waals surface area contributed by atoms with Crippen LogP contribution < -0.4 is 10.2 Å². The van der Waals surface area contributed by atoms with Gasteiger partial charge in [-0.2, -0.15) is 0 Å². The minimum atomic E-state index is -0.0354. The predicted molar refractivity (Wildman–Crippen MR) is 81.6 cm³/mol. The zero-order valence-corrected chi connectivity index (χ0v) is 11.9. The van der Waals surface area contributed by atoms with Crippen LogP contribution in [0.4, 0.5) is 5.82 Å². The highest BCUT2D eigenvalue weighted by atomic mass is 16.2. The second-order valence-electron chi connectivity index (χ2n) is 5.41. The van der Waals surface area contributed by atoms with Crippen molar-refractivity contribution < 1.29 is 9.59 Å². The molecule has 5 nitrogen and oxygen atoms in total. The van der Waals surface area contributed by atoms with Crippen molar-refractivity contribution >= 4 is 28.9 Å². The van der Waals surface area contributed by atoms with Crippen LogP contribution in [-0.4, -0.2) is 36.8 Å². The second kappa shape index (κ2) is 5.52. The van der Waals surface area contributed by atoms with E-state index in [4.69, 9.17) is 0 Å². The van der Waals surface area contributed by atoms with Gasteiger partial charge in [0, 0.05) is 18.5 Å². The summed E-state index contributed by atoms with van der Waals surface area (Å²) in [5, 5.41) is 3.85.